The zero-order chi connectivity index (χ0) is 13.1. The number of anilines is 1. The van der Waals surface area contributed by atoms with Crippen molar-refractivity contribution >= 4 is 21.6 Å². The van der Waals surface area contributed by atoms with E-state index in [0.717, 1.165) is 23.1 Å². The summed E-state index contributed by atoms with van der Waals surface area (Å²) in [5.74, 6) is 0. The number of nitrogens with zero attached hydrogens (tertiary/aromatic N) is 2. The third-order valence-corrected chi connectivity index (χ3v) is 4.01. The minimum absolute atomic E-state index is 0.773. The van der Waals surface area contributed by atoms with Crippen LogP contribution in [-0.2, 0) is 20.0 Å². The van der Waals surface area contributed by atoms with E-state index >= 15 is 0 Å². The van der Waals surface area contributed by atoms with Crippen LogP contribution >= 0.6 is 15.9 Å². The first-order valence-corrected chi connectivity index (χ1v) is 6.92. The normalized spacial score (nSPS) is 10.7. The summed E-state index contributed by atoms with van der Waals surface area (Å²) in [6, 6.07) is 8.30. The van der Waals surface area contributed by atoms with E-state index in [9.17, 15) is 0 Å². The van der Waals surface area contributed by atoms with Gasteiger partial charge in [0.2, 0.25) is 0 Å². The van der Waals surface area contributed by atoms with Crippen molar-refractivity contribution in [3.05, 3.63) is 45.7 Å². The Labute approximate surface area is 116 Å². The third kappa shape index (κ3) is 2.58. The molecular weight excluding hydrogens is 290 g/mol. The zero-order valence-corrected chi connectivity index (χ0v) is 12.6. The van der Waals surface area contributed by atoms with Crippen molar-refractivity contribution in [1.29, 1.82) is 0 Å². The van der Waals surface area contributed by atoms with Crippen LogP contribution in [0.2, 0.25) is 0 Å². The number of halogens is 1. The molecule has 0 atom stereocenters. The van der Waals surface area contributed by atoms with Gasteiger partial charge in [0.15, 0.2) is 0 Å². The predicted molar refractivity (Wildman–Crippen MR) is 78.8 cm³/mol. The number of aryl methyl sites for hydroxylation is 3. The molecule has 0 saturated heterocycles. The molecule has 0 aliphatic heterocycles. The van der Waals surface area contributed by atoms with Gasteiger partial charge in [-0.3, -0.25) is 4.68 Å². The maximum Gasteiger partial charge on any atom is 0.0767 e. The van der Waals surface area contributed by atoms with Gasteiger partial charge >= 0.3 is 0 Å². The number of nitrogens with one attached hydrogen (secondary N) is 1. The molecular formula is C14H18BrN3. The van der Waals surface area contributed by atoms with Crippen LogP contribution in [0.5, 0.6) is 0 Å². The minimum atomic E-state index is 0.773. The Morgan fingerprint density at radius 3 is 2.67 bits per heavy atom. The van der Waals surface area contributed by atoms with Crippen LogP contribution < -0.4 is 5.32 Å². The van der Waals surface area contributed by atoms with Gasteiger partial charge in [0, 0.05) is 12.7 Å². The van der Waals surface area contributed by atoms with E-state index in [-0.39, 0.29) is 0 Å². The third-order valence-electron chi connectivity index (χ3n) is 3.09. The summed E-state index contributed by atoms with van der Waals surface area (Å²) in [6.07, 6.45) is 0.943. The first kappa shape index (κ1) is 13.1. The summed E-state index contributed by atoms with van der Waals surface area (Å²) in [7, 11) is 1.98. The van der Waals surface area contributed by atoms with Gasteiger partial charge in [-0.05, 0) is 40.9 Å². The second-order valence-electron chi connectivity index (χ2n) is 4.35. The van der Waals surface area contributed by atoms with Crippen molar-refractivity contribution < 1.29 is 0 Å². The molecule has 3 nitrogen and oxygen atoms in total. The quantitative estimate of drug-likeness (QED) is 0.934. The lowest BCUT2D eigenvalue weighted by molar-refractivity contribution is 0.706. The molecule has 0 fully saturated rings. The first-order valence-electron chi connectivity index (χ1n) is 6.13. The van der Waals surface area contributed by atoms with E-state index in [1.165, 1.54) is 16.9 Å². The smallest absolute Gasteiger partial charge is 0.0767 e. The summed E-state index contributed by atoms with van der Waals surface area (Å²) in [4.78, 5) is 0. The average Bonchev–Trinajstić information content (AvgIpc) is 2.64. The number of benzene rings is 1. The van der Waals surface area contributed by atoms with E-state index in [4.69, 9.17) is 0 Å². The van der Waals surface area contributed by atoms with Gasteiger partial charge in [0.1, 0.15) is 0 Å². The molecule has 0 aliphatic rings. The first-order chi connectivity index (χ1) is 8.63. The van der Waals surface area contributed by atoms with Gasteiger partial charge in [-0.15, -0.1) is 0 Å². The molecule has 1 heterocycles. The molecule has 4 heteroatoms. The highest BCUT2D eigenvalue weighted by Gasteiger charge is 2.12. The van der Waals surface area contributed by atoms with Gasteiger partial charge in [0.05, 0.1) is 22.4 Å². The van der Waals surface area contributed by atoms with E-state index in [0.29, 0.717) is 0 Å². The Morgan fingerprint density at radius 1 is 1.33 bits per heavy atom. The van der Waals surface area contributed by atoms with Crippen LogP contribution in [0, 0.1) is 6.92 Å². The molecule has 1 aromatic heterocycles. The van der Waals surface area contributed by atoms with Crippen molar-refractivity contribution in [3.63, 3.8) is 0 Å². The molecule has 0 spiro atoms. The topological polar surface area (TPSA) is 29.9 Å². The Kier molecular flexibility index (Phi) is 4.07. The van der Waals surface area contributed by atoms with Crippen LogP contribution in [0.1, 0.15) is 23.9 Å². The van der Waals surface area contributed by atoms with Crippen molar-refractivity contribution in [2.75, 3.05) is 5.32 Å². The van der Waals surface area contributed by atoms with E-state index in [1.54, 1.807) is 0 Å². The van der Waals surface area contributed by atoms with Crippen molar-refractivity contribution in [3.8, 4) is 0 Å². The molecule has 0 saturated carbocycles. The summed E-state index contributed by atoms with van der Waals surface area (Å²) in [5.41, 5.74) is 4.71. The summed E-state index contributed by atoms with van der Waals surface area (Å²) in [6.45, 7) is 5.00. The van der Waals surface area contributed by atoms with Gasteiger partial charge in [-0.2, -0.15) is 5.10 Å². The highest BCUT2D eigenvalue weighted by Crippen LogP contribution is 2.23. The lowest BCUT2D eigenvalue weighted by atomic mass is 10.2. The lowest BCUT2D eigenvalue weighted by Crippen LogP contribution is -2.06. The van der Waals surface area contributed by atoms with Gasteiger partial charge < -0.3 is 5.32 Å². The Balaban J connectivity index is 2.16. The number of para-hydroxylation sites is 1. The highest BCUT2D eigenvalue weighted by molar-refractivity contribution is 9.10. The Hall–Kier alpha value is -1.29. The second kappa shape index (κ2) is 5.57. The lowest BCUT2D eigenvalue weighted by Gasteiger charge is -2.09. The zero-order valence-electron chi connectivity index (χ0n) is 11.0. The van der Waals surface area contributed by atoms with E-state index < -0.39 is 0 Å². The minimum Gasteiger partial charge on any atom is -0.379 e. The maximum atomic E-state index is 4.49. The van der Waals surface area contributed by atoms with E-state index in [1.807, 2.05) is 17.8 Å². The highest BCUT2D eigenvalue weighted by atomic mass is 79.9. The van der Waals surface area contributed by atoms with Crippen LogP contribution in [0.15, 0.2) is 28.7 Å². The second-order valence-corrected chi connectivity index (χ2v) is 5.15. The number of hydrogen-bond acceptors (Lipinski definition) is 2. The van der Waals surface area contributed by atoms with Crippen molar-refractivity contribution in [2.24, 2.45) is 7.05 Å². The molecule has 0 aliphatic carbocycles. The van der Waals surface area contributed by atoms with Crippen LogP contribution in [0.4, 0.5) is 5.69 Å². The predicted octanol–water partition coefficient (Wildman–Crippen LogP) is 3.67. The monoisotopic (exact) mass is 307 g/mol. The molecule has 0 radical (unpaired) electrons. The summed E-state index contributed by atoms with van der Waals surface area (Å²) in [5, 5.41) is 7.95. The van der Waals surface area contributed by atoms with Crippen LogP contribution in [0.3, 0.4) is 0 Å². The largest absolute Gasteiger partial charge is 0.379 e. The van der Waals surface area contributed by atoms with Crippen molar-refractivity contribution in [2.45, 2.75) is 26.8 Å². The number of rotatable bonds is 4. The van der Waals surface area contributed by atoms with Crippen molar-refractivity contribution in [1.82, 2.24) is 9.78 Å². The Bertz CT molecular complexity index is 546. The SMILES string of the molecule is CCc1nn(C)c(CNc2ccccc2C)c1Br. The summed E-state index contributed by atoms with van der Waals surface area (Å²) >= 11 is 3.63. The van der Waals surface area contributed by atoms with E-state index in [2.05, 4.69) is 58.4 Å². The molecule has 0 amide bonds. The Morgan fingerprint density at radius 2 is 2.06 bits per heavy atom. The molecule has 0 unspecified atom stereocenters. The fourth-order valence-corrected chi connectivity index (χ4v) is 2.72. The molecule has 2 rings (SSSR count). The molecule has 0 bridgehead atoms. The van der Waals surface area contributed by atoms with Gasteiger partial charge in [0.25, 0.3) is 0 Å². The molecule has 1 aromatic carbocycles. The number of aromatic nitrogens is 2. The molecule has 96 valence electrons. The van der Waals surface area contributed by atoms with Gasteiger partial charge in [-0.1, -0.05) is 25.1 Å². The summed E-state index contributed by atoms with van der Waals surface area (Å²) < 4.78 is 3.06. The maximum absolute atomic E-state index is 4.49. The van der Waals surface area contributed by atoms with Gasteiger partial charge in [-0.25, -0.2) is 0 Å². The average molecular weight is 308 g/mol. The molecule has 18 heavy (non-hydrogen) atoms. The number of hydrogen-bond donors (Lipinski definition) is 1. The standard InChI is InChI=1S/C14H18BrN3/c1-4-11-14(15)13(18(3)17-11)9-16-12-8-6-5-7-10(12)2/h5-8,16H,4,9H2,1-3H3. The molecule has 2 aromatic rings. The molecule has 1 N–H and O–H groups in total. The van der Waals surface area contributed by atoms with Crippen LogP contribution in [0.25, 0.3) is 0 Å². The fourth-order valence-electron chi connectivity index (χ4n) is 1.96. The fraction of sp³-hybridized carbons (Fsp3) is 0.357. The van der Waals surface area contributed by atoms with Crippen LogP contribution in [-0.4, -0.2) is 9.78 Å².